The smallest absolute Gasteiger partial charge is 0.228 e. The van der Waals surface area contributed by atoms with Gasteiger partial charge in [0.15, 0.2) is 0 Å². The molecule has 146 valence electrons. The number of hydrogen-bond donors (Lipinski definition) is 3. The van der Waals surface area contributed by atoms with Gasteiger partial charge in [-0.2, -0.15) is 15.0 Å². The zero-order valence-electron chi connectivity index (χ0n) is 16.5. The number of pyridine rings is 1. The van der Waals surface area contributed by atoms with E-state index in [1.807, 2.05) is 0 Å². The lowest BCUT2D eigenvalue weighted by atomic mass is 10.0. The van der Waals surface area contributed by atoms with Crippen LogP contribution in [-0.2, 0) is 0 Å². The first-order valence-corrected chi connectivity index (χ1v) is 9.62. The molecule has 28 heavy (non-hydrogen) atoms. The van der Waals surface area contributed by atoms with Crippen molar-refractivity contribution in [1.82, 2.24) is 25.3 Å². The van der Waals surface area contributed by atoms with E-state index in [9.17, 15) is 0 Å². The number of anilines is 3. The largest absolute Gasteiger partial charge is 0.368 e. The van der Waals surface area contributed by atoms with E-state index in [1.165, 1.54) is 5.56 Å². The lowest BCUT2D eigenvalue weighted by Gasteiger charge is -2.32. The van der Waals surface area contributed by atoms with Gasteiger partial charge in [0.1, 0.15) is 11.6 Å². The number of fused-ring (bicyclic) bond motifs is 1. The minimum atomic E-state index is -0.0384. The zero-order chi connectivity index (χ0) is 19.7. The van der Waals surface area contributed by atoms with Crippen LogP contribution in [0.2, 0.25) is 0 Å². The summed E-state index contributed by atoms with van der Waals surface area (Å²) in [5.74, 6) is 2.31. The maximum Gasteiger partial charge on any atom is 0.228 e. The van der Waals surface area contributed by atoms with Crippen LogP contribution < -0.4 is 21.3 Å². The summed E-state index contributed by atoms with van der Waals surface area (Å²) in [5, 5.41) is 7.92. The number of nitrogens with two attached hydrogens (primary N) is 1. The quantitative estimate of drug-likeness (QED) is 0.635. The Balaban J connectivity index is 1.76. The summed E-state index contributed by atoms with van der Waals surface area (Å²) >= 11 is 0. The Morgan fingerprint density at radius 3 is 2.64 bits per heavy atom. The van der Waals surface area contributed by atoms with Gasteiger partial charge in [-0.05, 0) is 32.4 Å². The molecule has 1 aliphatic heterocycles. The predicted octanol–water partition coefficient (Wildman–Crippen LogP) is 2.20. The van der Waals surface area contributed by atoms with Crippen LogP contribution in [0.3, 0.4) is 0 Å². The van der Waals surface area contributed by atoms with Gasteiger partial charge in [-0.1, -0.05) is 18.2 Å². The zero-order valence-corrected chi connectivity index (χ0v) is 16.5. The molecule has 0 radical (unpaired) electrons. The molecule has 0 bridgehead atoms. The van der Waals surface area contributed by atoms with Crippen molar-refractivity contribution < 1.29 is 0 Å². The number of piperazine rings is 1. The van der Waals surface area contributed by atoms with Crippen molar-refractivity contribution in [2.24, 2.45) is 0 Å². The summed E-state index contributed by atoms with van der Waals surface area (Å²) in [6.45, 7) is 9.79. The lowest BCUT2D eigenvalue weighted by Crippen LogP contribution is -2.44. The average molecular weight is 378 g/mol. The molecule has 1 atom stereocenters. The SMILES string of the molecule is Cc1nc(N)nc(N[C@@H](C)c2cc3cccc(C)c3nc2N2CCNCC2)n1. The molecule has 0 spiro atoms. The van der Waals surface area contributed by atoms with Crippen molar-refractivity contribution >= 4 is 28.6 Å². The number of nitrogens with one attached hydrogen (secondary N) is 2. The average Bonchev–Trinajstić information content (AvgIpc) is 2.67. The van der Waals surface area contributed by atoms with E-state index in [2.05, 4.69) is 68.6 Å². The molecule has 3 aromatic rings. The second-order valence-corrected chi connectivity index (χ2v) is 7.22. The molecular formula is C20H26N8. The first-order chi connectivity index (χ1) is 13.5. The fraction of sp³-hybridized carbons (Fsp3) is 0.400. The van der Waals surface area contributed by atoms with Gasteiger partial charge in [0.25, 0.3) is 0 Å². The van der Waals surface area contributed by atoms with Crippen molar-refractivity contribution in [1.29, 1.82) is 0 Å². The van der Waals surface area contributed by atoms with Crippen LogP contribution in [0.1, 0.15) is 29.9 Å². The molecule has 8 heteroatoms. The van der Waals surface area contributed by atoms with E-state index in [1.54, 1.807) is 6.92 Å². The molecule has 0 amide bonds. The van der Waals surface area contributed by atoms with E-state index in [4.69, 9.17) is 10.7 Å². The molecule has 4 N–H and O–H groups in total. The first kappa shape index (κ1) is 18.4. The Kier molecular flexibility index (Phi) is 4.95. The highest BCUT2D eigenvalue weighted by molar-refractivity contribution is 5.85. The van der Waals surface area contributed by atoms with Gasteiger partial charge in [0.05, 0.1) is 11.6 Å². The Morgan fingerprint density at radius 1 is 1.11 bits per heavy atom. The van der Waals surface area contributed by atoms with Crippen LogP contribution in [0.15, 0.2) is 24.3 Å². The van der Waals surface area contributed by atoms with E-state index in [0.717, 1.165) is 48.5 Å². The predicted molar refractivity (Wildman–Crippen MR) is 113 cm³/mol. The summed E-state index contributed by atoms with van der Waals surface area (Å²) in [4.78, 5) is 20.0. The van der Waals surface area contributed by atoms with Gasteiger partial charge in [-0.25, -0.2) is 4.98 Å². The highest BCUT2D eigenvalue weighted by atomic mass is 15.2. The van der Waals surface area contributed by atoms with E-state index in [-0.39, 0.29) is 12.0 Å². The molecule has 1 fully saturated rings. The summed E-state index contributed by atoms with van der Waals surface area (Å²) in [7, 11) is 0. The number of benzene rings is 1. The van der Waals surface area contributed by atoms with Gasteiger partial charge >= 0.3 is 0 Å². The van der Waals surface area contributed by atoms with Crippen LogP contribution >= 0.6 is 0 Å². The first-order valence-electron chi connectivity index (χ1n) is 9.62. The lowest BCUT2D eigenvalue weighted by molar-refractivity contribution is 0.582. The van der Waals surface area contributed by atoms with Crippen LogP contribution in [0.4, 0.5) is 17.7 Å². The van der Waals surface area contributed by atoms with Crippen molar-refractivity contribution in [3.05, 3.63) is 41.2 Å². The second-order valence-electron chi connectivity index (χ2n) is 7.22. The summed E-state index contributed by atoms with van der Waals surface area (Å²) in [6, 6.07) is 8.47. The number of nitrogen functional groups attached to an aromatic ring is 1. The highest BCUT2D eigenvalue weighted by Gasteiger charge is 2.21. The number of hydrogen-bond acceptors (Lipinski definition) is 8. The van der Waals surface area contributed by atoms with Gasteiger partial charge in [-0.15, -0.1) is 0 Å². The van der Waals surface area contributed by atoms with Crippen LogP contribution in [-0.4, -0.2) is 46.1 Å². The molecule has 8 nitrogen and oxygen atoms in total. The standard InChI is InChI=1S/C20H26N8/c1-12-5-4-6-15-11-16(13(2)23-20-25-14(3)24-19(21)27-20)18(26-17(12)15)28-9-7-22-8-10-28/h4-6,11,13,22H,7-10H2,1-3H3,(H3,21,23,24,25,27)/t13-/m0/s1. The fourth-order valence-corrected chi connectivity index (χ4v) is 3.64. The van der Waals surface area contributed by atoms with Crippen LogP contribution in [0.5, 0.6) is 0 Å². The van der Waals surface area contributed by atoms with E-state index < -0.39 is 0 Å². The van der Waals surface area contributed by atoms with Crippen molar-refractivity contribution in [2.45, 2.75) is 26.8 Å². The molecule has 0 unspecified atom stereocenters. The fourth-order valence-electron chi connectivity index (χ4n) is 3.64. The normalized spacial score (nSPS) is 15.6. The number of para-hydroxylation sites is 1. The van der Waals surface area contributed by atoms with Crippen molar-refractivity contribution in [2.75, 3.05) is 42.1 Å². The Bertz CT molecular complexity index is 977. The highest BCUT2D eigenvalue weighted by Crippen LogP contribution is 2.31. The third-order valence-corrected chi connectivity index (χ3v) is 5.05. The maximum atomic E-state index is 5.78. The third-order valence-electron chi connectivity index (χ3n) is 5.05. The summed E-state index contributed by atoms with van der Waals surface area (Å²) in [6.07, 6.45) is 0. The van der Waals surface area contributed by atoms with Crippen LogP contribution in [0.25, 0.3) is 10.9 Å². The summed E-state index contributed by atoms with van der Waals surface area (Å²) < 4.78 is 0. The summed E-state index contributed by atoms with van der Waals surface area (Å²) in [5.41, 5.74) is 9.13. The van der Waals surface area contributed by atoms with Crippen molar-refractivity contribution in [3.8, 4) is 0 Å². The number of aryl methyl sites for hydroxylation is 2. The minimum absolute atomic E-state index is 0.0384. The maximum absolute atomic E-state index is 5.78. The third kappa shape index (κ3) is 3.68. The number of nitrogens with zero attached hydrogens (tertiary/aromatic N) is 5. The Hall–Kier alpha value is -3.00. The van der Waals surface area contributed by atoms with Gasteiger partial charge in [-0.3, -0.25) is 0 Å². The van der Waals surface area contributed by atoms with Gasteiger partial charge in [0.2, 0.25) is 11.9 Å². The molecule has 0 aliphatic carbocycles. The minimum Gasteiger partial charge on any atom is -0.368 e. The second kappa shape index (κ2) is 7.55. The molecule has 3 heterocycles. The van der Waals surface area contributed by atoms with Crippen LogP contribution in [0, 0.1) is 13.8 Å². The monoisotopic (exact) mass is 378 g/mol. The Labute approximate surface area is 164 Å². The Morgan fingerprint density at radius 2 is 1.89 bits per heavy atom. The van der Waals surface area contributed by atoms with Crippen molar-refractivity contribution in [3.63, 3.8) is 0 Å². The molecule has 1 saturated heterocycles. The molecule has 2 aromatic heterocycles. The molecule has 1 aromatic carbocycles. The molecule has 0 saturated carbocycles. The molecule has 4 rings (SSSR count). The topological polar surface area (TPSA) is 105 Å². The number of rotatable bonds is 4. The molecule has 1 aliphatic rings. The number of aromatic nitrogens is 4. The van der Waals surface area contributed by atoms with E-state index in [0.29, 0.717) is 11.8 Å². The van der Waals surface area contributed by atoms with Gasteiger partial charge in [0, 0.05) is 37.1 Å². The van der Waals surface area contributed by atoms with Gasteiger partial charge < -0.3 is 21.3 Å². The molecular weight excluding hydrogens is 352 g/mol. The van der Waals surface area contributed by atoms with E-state index >= 15 is 0 Å².